The molecule has 0 aromatic carbocycles. The number of rotatable bonds is 5. The van der Waals surface area contributed by atoms with Gasteiger partial charge in [0.25, 0.3) is 6.43 Å². The highest BCUT2D eigenvalue weighted by Crippen LogP contribution is 2.41. The minimum absolute atomic E-state index is 0.0111. The Bertz CT molecular complexity index is 750. The van der Waals surface area contributed by atoms with Crippen LogP contribution in [0.4, 0.5) is 8.78 Å². The zero-order valence-electron chi connectivity index (χ0n) is 13.4. The molecule has 1 N–H and O–H groups in total. The van der Waals surface area contributed by atoms with Crippen LogP contribution in [0.1, 0.15) is 56.0 Å². The van der Waals surface area contributed by atoms with Gasteiger partial charge in [0.05, 0.1) is 11.1 Å². The molecule has 7 heteroatoms. The SMILES string of the molecule is Cc1nn(CC(=O)NC(C)C)c2nc(C3CC3)cc(C(F)F)c12. The van der Waals surface area contributed by atoms with Gasteiger partial charge in [-0.25, -0.2) is 18.4 Å². The van der Waals surface area contributed by atoms with Crippen LogP contribution in [0, 0.1) is 6.92 Å². The Morgan fingerprint density at radius 3 is 2.70 bits per heavy atom. The van der Waals surface area contributed by atoms with Crippen molar-refractivity contribution in [1.29, 1.82) is 0 Å². The molecule has 0 bridgehead atoms. The van der Waals surface area contributed by atoms with E-state index in [0.29, 0.717) is 22.4 Å². The Morgan fingerprint density at radius 1 is 1.43 bits per heavy atom. The first-order valence-electron chi connectivity index (χ1n) is 7.82. The lowest BCUT2D eigenvalue weighted by Gasteiger charge is -2.10. The van der Waals surface area contributed by atoms with Gasteiger partial charge in [-0.2, -0.15) is 5.10 Å². The van der Waals surface area contributed by atoms with Crippen molar-refractivity contribution >= 4 is 16.9 Å². The molecule has 5 nitrogen and oxygen atoms in total. The maximum absolute atomic E-state index is 13.4. The third kappa shape index (κ3) is 3.18. The predicted octanol–water partition coefficient (Wildman–Crippen LogP) is 3.08. The summed E-state index contributed by atoms with van der Waals surface area (Å²) in [6.45, 7) is 5.38. The number of fused-ring (bicyclic) bond motifs is 1. The van der Waals surface area contributed by atoms with E-state index in [1.54, 1.807) is 6.92 Å². The molecular formula is C16H20F2N4O. The van der Waals surface area contributed by atoms with E-state index >= 15 is 0 Å². The smallest absolute Gasteiger partial charge is 0.264 e. The van der Waals surface area contributed by atoms with Crippen molar-refractivity contribution in [2.45, 2.75) is 58.5 Å². The van der Waals surface area contributed by atoms with Crippen LogP contribution < -0.4 is 5.32 Å². The summed E-state index contributed by atoms with van der Waals surface area (Å²) in [5, 5.41) is 7.40. The standard InChI is InChI=1S/C16H20F2N4O/c1-8(2)19-13(23)7-22-16-14(9(3)21-22)11(15(17)18)6-12(20-16)10-4-5-10/h6,8,10,15H,4-5,7H2,1-3H3,(H,19,23). The number of nitrogens with zero attached hydrogens (tertiary/aromatic N) is 3. The summed E-state index contributed by atoms with van der Waals surface area (Å²) in [5.74, 6) is 0.0478. The maximum atomic E-state index is 13.4. The van der Waals surface area contributed by atoms with Gasteiger partial charge in [-0.05, 0) is 39.7 Å². The van der Waals surface area contributed by atoms with Gasteiger partial charge >= 0.3 is 0 Å². The topological polar surface area (TPSA) is 59.8 Å². The average molecular weight is 322 g/mol. The number of nitrogens with one attached hydrogen (secondary N) is 1. The van der Waals surface area contributed by atoms with E-state index in [1.807, 2.05) is 13.8 Å². The van der Waals surface area contributed by atoms with Gasteiger partial charge in [0.2, 0.25) is 5.91 Å². The average Bonchev–Trinajstić information content (AvgIpc) is 3.24. The molecule has 0 radical (unpaired) electrons. The van der Waals surface area contributed by atoms with E-state index in [0.717, 1.165) is 12.8 Å². The zero-order valence-corrected chi connectivity index (χ0v) is 13.4. The van der Waals surface area contributed by atoms with Gasteiger partial charge in [-0.15, -0.1) is 0 Å². The van der Waals surface area contributed by atoms with Crippen molar-refractivity contribution in [3.63, 3.8) is 0 Å². The fourth-order valence-corrected chi connectivity index (χ4v) is 2.78. The van der Waals surface area contributed by atoms with Gasteiger partial charge in [-0.1, -0.05) is 0 Å². The van der Waals surface area contributed by atoms with E-state index in [-0.39, 0.29) is 30.0 Å². The van der Waals surface area contributed by atoms with Crippen LogP contribution in [0.2, 0.25) is 0 Å². The number of hydrogen-bond acceptors (Lipinski definition) is 3. The number of hydrogen-bond donors (Lipinski definition) is 1. The van der Waals surface area contributed by atoms with Crippen LogP contribution in [-0.4, -0.2) is 26.7 Å². The van der Waals surface area contributed by atoms with Gasteiger partial charge in [0, 0.05) is 23.2 Å². The van der Waals surface area contributed by atoms with E-state index in [9.17, 15) is 13.6 Å². The van der Waals surface area contributed by atoms with Crippen molar-refractivity contribution in [2.75, 3.05) is 0 Å². The fraction of sp³-hybridized carbons (Fsp3) is 0.562. The molecule has 0 atom stereocenters. The van der Waals surface area contributed by atoms with Crippen molar-refractivity contribution in [3.8, 4) is 0 Å². The van der Waals surface area contributed by atoms with E-state index in [2.05, 4.69) is 15.4 Å². The number of alkyl halides is 2. The first-order valence-corrected chi connectivity index (χ1v) is 7.82. The lowest BCUT2D eigenvalue weighted by molar-refractivity contribution is -0.122. The highest BCUT2D eigenvalue weighted by molar-refractivity contribution is 5.85. The lowest BCUT2D eigenvalue weighted by Crippen LogP contribution is -2.33. The first kappa shape index (κ1) is 15.8. The molecule has 2 heterocycles. The highest BCUT2D eigenvalue weighted by atomic mass is 19.3. The van der Waals surface area contributed by atoms with Crippen molar-refractivity contribution in [2.24, 2.45) is 0 Å². The number of carbonyl (C=O) groups is 1. The minimum atomic E-state index is -2.58. The molecule has 0 aliphatic heterocycles. The first-order chi connectivity index (χ1) is 10.9. The number of aryl methyl sites for hydroxylation is 1. The van der Waals surface area contributed by atoms with Crippen LogP contribution in [0.5, 0.6) is 0 Å². The monoisotopic (exact) mass is 322 g/mol. The third-order valence-corrected chi connectivity index (χ3v) is 3.90. The van der Waals surface area contributed by atoms with Crippen LogP contribution in [-0.2, 0) is 11.3 Å². The Morgan fingerprint density at radius 2 is 2.13 bits per heavy atom. The molecule has 1 amide bonds. The van der Waals surface area contributed by atoms with Crippen LogP contribution in [0.25, 0.3) is 11.0 Å². The Hall–Kier alpha value is -2.05. The van der Waals surface area contributed by atoms with Crippen molar-refractivity contribution in [3.05, 3.63) is 23.0 Å². The second-order valence-electron chi connectivity index (χ2n) is 6.38. The molecule has 1 aliphatic rings. The zero-order chi connectivity index (χ0) is 16.7. The third-order valence-electron chi connectivity index (χ3n) is 3.90. The summed E-state index contributed by atoms with van der Waals surface area (Å²) < 4.78 is 28.3. The number of amides is 1. The van der Waals surface area contributed by atoms with Crippen LogP contribution >= 0.6 is 0 Å². The number of halogens is 2. The quantitative estimate of drug-likeness (QED) is 0.920. The van der Waals surface area contributed by atoms with Crippen LogP contribution in [0.15, 0.2) is 6.07 Å². The number of aromatic nitrogens is 3. The summed E-state index contributed by atoms with van der Waals surface area (Å²) in [4.78, 5) is 16.5. The number of carbonyl (C=O) groups excluding carboxylic acids is 1. The fourth-order valence-electron chi connectivity index (χ4n) is 2.78. The molecule has 23 heavy (non-hydrogen) atoms. The Balaban J connectivity index is 2.06. The summed E-state index contributed by atoms with van der Waals surface area (Å²) in [6.07, 6.45) is -0.636. The van der Waals surface area contributed by atoms with Crippen molar-refractivity contribution in [1.82, 2.24) is 20.1 Å². The van der Waals surface area contributed by atoms with Crippen molar-refractivity contribution < 1.29 is 13.6 Å². The second-order valence-corrected chi connectivity index (χ2v) is 6.38. The summed E-state index contributed by atoms with van der Waals surface area (Å²) in [5.41, 5.74) is 1.49. The minimum Gasteiger partial charge on any atom is -0.352 e. The molecule has 3 rings (SSSR count). The van der Waals surface area contributed by atoms with Gasteiger partial charge in [-0.3, -0.25) is 4.79 Å². The summed E-state index contributed by atoms with van der Waals surface area (Å²) in [7, 11) is 0. The molecular weight excluding hydrogens is 302 g/mol. The predicted molar refractivity (Wildman–Crippen MR) is 82.5 cm³/mol. The normalized spacial score (nSPS) is 14.9. The molecule has 1 fully saturated rings. The Kier molecular flexibility index (Phi) is 4.04. The molecule has 0 saturated heterocycles. The van der Waals surface area contributed by atoms with Gasteiger partial charge in [0.15, 0.2) is 5.65 Å². The van der Waals surface area contributed by atoms with Crippen LogP contribution in [0.3, 0.4) is 0 Å². The molecule has 1 saturated carbocycles. The van der Waals surface area contributed by atoms with E-state index < -0.39 is 6.43 Å². The van der Waals surface area contributed by atoms with E-state index in [4.69, 9.17) is 0 Å². The van der Waals surface area contributed by atoms with Gasteiger partial charge < -0.3 is 5.32 Å². The molecule has 1 aliphatic carbocycles. The molecule has 124 valence electrons. The molecule has 2 aromatic rings. The lowest BCUT2D eigenvalue weighted by atomic mass is 10.1. The van der Waals surface area contributed by atoms with Gasteiger partial charge in [0.1, 0.15) is 6.54 Å². The number of pyridine rings is 1. The largest absolute Gasteiger partial charge is 0.352 e. The second kappa shape index (κ2) is 5.86. The maximum Gasteiger partial charge on any atom is 0.264 e. The summed E-state index contributed by atoms with van der Waals surface area (Å²) >= 11 is 0. The molecule has 0 unspecified atom stereocenters. The molecule has 2 aromatic heterocycles. The highest BCUT2D eigenvalue weighted by Gasteiger charge is 2.29. The molecule has 0 spiro atoms. The summed E-state index contributed by atoms with van der Waals surface area (Å²) in [6, 6.07) is 1.51. The Labute approximate surface area is 133 Å². The van der Waals surface area contributed by atoms with E-state index in [1.165, 1.54) is 10.7 Å².